The number of aryl methyl sites for hydroxylation is 1. The Balaban J connectivity index is 2.07. The number of anilines is 1. The van der Waals surface area contributed by atoms with E-state index in [0.29, 0.717) is 22.2 Å². The molecule has 0 atom stereocenters. The van der Waals surface area contributed by atoms with Gasteiger partial charge in [-0.1, -0.05) is 29.3 Å². The summed E-state index contributed by atoms with van der Waals surface area (Å²) < 4.78 is 27.1. The Kier molecular flexibility index (Phi) is 3.90. The molecule has 0 fully saturated rings. The molecule has 2 aromatic rings. The van der Waals surface area contributed by atoms with E-state index in [1.165, 1.54) is 4.31 Å². The van der Waals surface area contributed by atoms with Gasteiger partial charge in [0.05, 0.1) is 10.6 Å². The largest absolute Gasteiger partial charge is 0.264 e. The van der Waals surface area contributed by atoms with Gasteiger partial charge in [-0.3, -0.25) is 4.31 Å². The molecule has 1 heterocycles. The Morgan fingerprint density at radius 3 is 2.57 bits per heavy atom. The van der Waals surface area contributed by atoms with E-state index in [0.717, 1.165) is 16.2 Å². The average molecular weight is 340 g/mol. The number of thioether (sulfide) groups is 1. The SMILES string of the molecule is Cc1ccc(S(=O)(=O)N2CCSc3cc(Cl)ccc32)cc1. The molecule has 0 N–H and O–H groups in total. The number of fused-ring (bicyclic) bond motifs is 1. The van der Waals surface area contributed by atoms with Gasteiger partial charge in [0, 0.05) is 22.2 Å². The summed E-state index contributed by atoms with van der Waals surface area (Å²) in [7, 11) is -3.53. The summed E-state index contributed by atoms with van der Waals surface area (Å²) in [6, 6.07) is 12.3. The van der Waals surface area contributed by atoms with Gasteiger partial charge >= 0.3 is 0 Å². The predicted molar refractivity (Wildman–Crippen MR) is 87.9 cm³/mol. The Morgan fingerprint density at radius 2 is 1.86 bits per heavy atom. The zero-order valence-corrected chi connectivity index (χ0v) is 13.8. The first-order chi connectivity index (χ1) is 9.98. The first-order valence-electron chi connectivity index (χ1n) is 6.50. The van der Waals surface area contributed by atoms with E-state index in [-0.39, 0.29) is 0 Å². The van der Waals surface area contributed by atoms with Gasteiger partial charge in [-0.25, -0.2) is 8.42 Å². The lowest BCUT2D eigenvalue weighted by atomic mass is 10.2. The van der Waals surface area contributed by atoms with Gasteiger partial charge in [0.1, 0.15) is 0 Å². The fourth-order valence-corrected chi connectivity index (χ4v) is 5.18. The Morgan fingerprint density at radius 1 is 1.14 bits per heavy atom. The average Bonchev–Trinajstić information content (AvgIpc) is 2.46. The van der Waals surface area contributed by atoms with Crippen molar-refractivity contribution < 1.29 is 8.42 Å². The van der Waals surface area contributed by atoms with Crippen molar-refractivity contribution in [1.82, 2.24) is 0 Å². The van der Waals surface area contributed by atoms with E-state index in [1.54, 1.807) is 36.0 Å². The van der Waals surface area contributed by atoms with Crippen LogP contribution in [0, 0.1) is 6.92 Å². The van der Waals surface area contributed by atoms with Crippen molar-refractivity contribution in [3.05, 3.63) is 53.1 Å². The second-order valence-electron chi connectivity index (χ2n) is 4.85. The highest BCUT2D eigenvalue weighted by atomic mass is 35.5. The van der Waals surface area contributed by atoms with Gasteiger partial charge in [0.25, 0.3) is 10.0 Å². The van der Waals surface area contributed by atoms with Crippen LogP contribution in [-0.2, 0) is 10.0 Å². The van der Waals surface area contributed by atoms with E-state index in [4.69, 9.17) is 11.6 Å². The molecule has 0 bridgehead atoms. The first kappa shape index (κ1) is 14.8. The van der Waals surface area contributed by atoms with Crippen LogP contribution in [0.1, 0.15) is 5.56 Å². The van der Waals surface area contributed by atoms with Gasteiger partial charge in [-0.05, 0) is 37.3 Å². The minimum atomic E-state index is -3.53. The lowest BCUT2D eigenvalue weighted by Crippen LogP contribution is -2.35. The molecule has 0 unspecified atom stereocenters. The summed E-state index contributed by atoms with van der Waals surface area (Å²) in [5, 5.41) is 0.621. The third kappa shape index (κ3) is 2.78. The standard InChI is InChI=1S/C15H14ClNO2S2/c1-11-2-5-13(6-3-11)21(18,19)17-8-9-20-15-10-12(16)4-7-14(15)17/h2-7,10H,8-9H2,1H3. The second-order valence-corrected chi connectivity index (χ2v) is 8.29. The Bertz CT molecular complexity index is 773. The maximum Gasteiger partial charge on any atom is 0.264 e. The number of hydrogen-bond acceptors (Lipinski definition) is 3. The van der Waals surface area contributed by atoms with Crippen molar-refractivity contribution in [3.8, 4) is 0 Å². The minimum absolute atomic E-state index is 0.320. The van der Waals surface area contributed by atoms with Crippen LogP contribution in [-0.4, -0.2) is 20.7 Å². The Labute approximate surface area is 134 Å². The van der Waals surface area contributed by atoms with Gasteiger partial charge in [-0.15, -0.1) is 11.8 Å². The van der Waals surface area contributed by atoms with Crippen LogP contribution in [0.25, 0.3) is 0 Å². The number of halogens is 1. The Hall–Kier alpha value is -1.17. The maximum atomic E-state index is 12.8. The topological polar surface area (TPSA) is 37.4 Å². The predicted octanol–water partition coefficient (Wildman–Crippen LogP) is 3.95. The van der Waals surface area contributed by atoms with Crippen LogP contribution in [0.15, 0.2) is 52.3 Å². The fourth-order valence-electron chi connectivity index (χ4n) is 2.26. The molecule has 2 aromatic carbocycles. The third-order valence-corrected chi connectivity index (χ3v) is 6.44. The number of sulfonamides is 1. The van der Waals surface area contributed by atoms with Crippen LogP contribution < -0.4 is 4.31 Å². The van der Waals surface area contributed by atoms with Crippen molar-refractivity contribution in [3.63, 3.8) is 0 Å². The van der Waals surface area contributed by atoms with E-state index in [9.17, 15) is 8.42 Å². The minimum Gasteiger partial charge on any atom is -0.264 e. The monoisotopic (exact) mass is 339 g/mol. The lowest BCUT2D eigenvalue weighted by Gasteiger charge is -2.30. The molecule has 0 saturated carbocycles. The molecule has 3 rings (SSSR count). The molecule has 0 aromatic heterocycles. The van der Waals surface area contributed by atoms with Gasteiger partial charge in [0.2, 0.25) is 0 Å². The first-order valence-corrected chi connectivity index (χ1v) is 9.30. The molecule has 0 saturated heterocycles. The molecule has 21 heavy (non-hydrogen) atoms. The normalized spacial score (nSPS) is 14.9. The van der Waals surface area contributed by atoms with Crippen molar-refractivity contribution in [1.29, 1.82) is 0 Å². The molecule has 110 valence electrons. The van der Waals surface area contributed by atoms with Crippen LogP contribution in [0.4, 0.5) is 5.69 Å². The van der Waals surface area contributed by atoms with Gasteiger partial charge in [-0.2, -0.15) is 0 Å². The molecule has 3 nitrogen and oxygen atoms in total. The molecule has 6 heteroatoms. The van der Waals surface area contributed by atoms with Crippen LogP contribution in [0.5, 0.6) is 0 Å². The highest BCUT2D eigenvalue weighted by Crippen LogP contribution is 2.39. The summed E-state index contributed by atoms with van der Waals surface area (Å²) in [6.07, 6.45) is 0. The van der Waals surface area contributed by atoms with Crippen molar-refractivity contribution >= 4 is 39.1 Å². The molecule has 0 amide bonds. The number of rotatable bonds is 2. The lowest BCUT2D eigenvalue weighted by molar-refractivity contribution is 0.591. The quantitative estimate of drug-likeness (QED) is 0.831. The fraction of sp³-hybridized carbons (Fsp3) is 0.200. The molecular formula is C15H14ClNO2S2. The third-order valence-electron chi connectivity index (χ3n) is 3.35. The van der Waals surface area contributed by atoms with Gasteiger partial charge < -0.3 is 0 Å². The zero-order chi connectivity index (χ0) is 15.0. The second kappa shape index (κ2) is 5.55. The zero-order valence-electron chi connectivity index (χ0n) is 11.4. The van der Waals surface area contributed by atoms with Crippen molar-refractivity contribution in [2.45, 2.75) is 16.7 Å². The summed E-state index contributed by atoms with van der Waals surface area (Å²) in [5.41, 5.74) is 1.74. The number of hydrogen-bond donors (Lipinski definition) is 0. The van der Waals surface area contributed by atoms with Gasteiger partial charge in [0.15, 0.2) is 0 Å². The van der Waals surface area contributed by atoms with Crippen LogP contribution in [0.3, 0.4) is 0 Å². The summed E-state index contributed by atoms with van der Waals surface area (Å²) in [4.78, 5) is 1.23. The van der Waals surface area contributed by atoms with E-state index >= 15 is 0 Å². The summed E-state index contributed by atoms with van der Waals surface area (Å²) in [6.45, 7) is 2.40. The number of nitrogens with zero attached hydrogens (tertiary/aromatic N) is 1. The van der Waals surface area contributed by atoms with Crippen molar-refractivity contribution in [2.24, 2.45) is 0 Å². The van der Waals surface area contributed by atoms with E-state index < -0.39 is 10.0 Å². The molecule has 1 aliphatic heterocycles. The van der Waals surface area contributed by atoms with Crippen LogP contribution in [0.2, 0.25) is 5.02 Å². The van der Waals surface area contributed by atoms with Crippen molar-refractivity contribution in [2.75, 3.05) is 16.6 Å². The smallest absolute Gasteiger partial charge is 0.264 e. The highest BCUT2D eigenvalue weighted by molar-refractivity contribution is 8.00. The summed E-state index contributed by atoms with van der Waals surface area (Å²) >= 11 is 7.62. The summed E-state index contributed by atoms with van der Waals surface area (Å²) in [5.74, 6) is 0.721. The molecule has 0 spiro atoms. The van der Waals surface area contributed by atoms with Crippen LogP contribution >= 0.6 is 23.4 Å². The molecule has 1 aliphatic rings. The molecule has 0 radical (unpaired) electrons. The maximum absolute atomic E-state index is 12.8. The number of benzene rings is 2. The highest BCUT2D eigenvalue weighted by Gasteiger charge is 2.29. The molecule has 0 aliphatic carbocycles. The van der Waals surface area contributed by atoms with E-state index in [1.807, 2.05) is 25.1 Å². The van der Waals surface area contributed by atoms with E-state index in [2.05, 4.69) is 0 Å². The molecular weight excluding hydrogens is 326 g/mol.